The van der Waals surface area contributed by atoms with Gasteiger partial charge in [-0.3, -0.25) is 9.59 Å². The Labute approximate surface area is 223 Å². The average molecular weight is 525 g/mol. The van der Waals surface area contributed by atoms with Crippen LogP contribution in [0.3, 0.4) is 0 Å². The second-order valence-electron chi connectivity index (χ2n) is 8.68. The molecule has 0 saturated carbocycles. The number of pyridine rings is 2. The smallest absolute Gasteiger partial charge is 0.217 e. The highest BCUT2D eigenvalue weighted by Crippen LogP contribution is 2.18. The molecule has 10 nitrogen and oxygen atoms in total. The Morgan fingerprint density at radius 1 is 0.892 bits per heavy atom. The molecular formula is C26H33ClN8O2. The monoisotopic (exact) mass is 524 g/mol. The van der Waals surface area contributed by atoms with E-state index in [1.165, 1.54) is 6.20 Å². The van der Waals surface area contributed by atoms with Crippen molar-refractivity contribution in [3.63, 3.8) is 0 Å². The predicted octanol–water partition coefficient (Wildman–Crippen LogP) is 2.54. The summed E-state index contributed by atoms with van der Waals surface area (Å²) in [7, 11) is 0. The Hall–Kier alpha value is -3.73. The van der Waals surface area contributed by atoms with Gasteiger partial charge in [0.05, 0.1) is 11.1 Å². The SMILES string of the molecule is CC(=O)NC1CCN(c2ccc(C#N)cn2)CC1.CC(=O)NC1CCNCC1.N#Cc1ccc(Cl)nc1. The lowest BCUT2D eigenvalue weighted by Crippen LogP contribution is -2.44. The van der Waals surface area contributed by atoms with Gasteiger partial charge >= 0.3 is 0 Å². The van der Waals surface area contributed by atoms with Gasteiger partial charge in [-0.25, -0.2) is 9.97 Å². The van der Waals surface area contributed by atoms with E-state index in [-0.39, 0.29) is 17.9 Å². The largest absolute Gasteiger partial charge is 0.356 e. The number of hydrogen-bond donors (Lipinski definition) is 3. The quantitative estimate of drug-likeness (QED) is 0.519. The number of amides is 2. The minimum absolute atomic E-state index is 0.0324. The van der Waals surface area contributed by atoms with Crippen LogP contribution in [0.25, 0.3) is 0 Å². The van der Waals surface area contributed by atoms with Crippen LogP contribution in [-0.2, 0) is 9.59 Å². The summed E-state index contributed by atoms with van der Waals surface area (Å²) in [6.45, 7) is 6.94. The summed E-state index contributed by atoms with van der Waals surface area (Å²) in [6, 6.07) is 11.5. The molecule has 0 unspecified atom stereocenters. The van der Waals surface area contributed by atoms with Crippen molar-refractivity contribution in [2.24, 2.45) is 0 Å². The molecule has 4 rings (SSSR count). The Balaban J connectivity index is 0.000000214. The van der Waals surface area contributed by atoms with E-state index >= 15 is 0 Å². The number of piperidine rings is 2. The van der Waals surface area contributed by atoms with Crippen molar-refractivity contribution in [3.8, 4) is 12.1 Å². The zero-order valence-electron chi connectivity index (χ0n) is 21.2. The highest BCUT2D eigenvalue weighted by Gasteiger charge is 2.20. The standard InChI is InChI=1S/C13H16N4O.C7H14N2O.C6H3ClN2/c1-10(18)16-12-4-6-17(7-5-12)13-3-2-11(8-14)9-15-13;1-6(10)9-7-2-4-8-5-3-7;7-6-2-1-5(3-8)4-9-6/h2-3,9,12H,4-7H2,1H3,(H,16,18);7-8H,2-5H2,1H3,(H,9,10);1-2,4H. The summed E-state index contributed by atoms with van der Waals surface area (Å²) < 4.78 is 0. The van der Waals surface area contributed by atoms with Gasteiger partial charge in [0.2, 0.25) is 11.8 Å². The summed E-state index contributed by atoms with van der Waals surface area (Å²) in [5.74, 6) is 1.02. The van der Waals surface area contributed by atoms with Crippen molar-refractivity contribution in [1.82, 2.24) is 25.9 Å². The van der Waals surface area contributed by atoms with Gasteiger partial charge in [0.25, 0.3) is 0 Å². The van der Waals surface area contributed by atoms with Gasteiger partial charge in [-0.1, -0.05) is 11.6 Å². The number of hydrogen-bond acceptors (Lipinski definition) is 8. The molecule has 2 aliphatic heterocycles. The number of carbonyl (C=O) groups is 2. The van der Waals surface area contributed by atoms with E-state index in [9.17, 15) is 9.59 Å². The first-order chi connectivity index (χ1) is 17.8. The van der Waals surface area contributed by atoms with Crippen LogP contribution in [-0.4, -0.2) is 60.0 Å². The third-order valence-electron chi connectivity index (χ3n) is 5.71. The number of nitriles is 2. The van der Waals surface area contributed by atoms with E-state index in [2.05, 4.69) is 36.9 Å². The first-order valence-corrected chi connectivity index (χ1v) is 12.6. The van der Waals surface area contributed by atoms with E-state index < -0.39 is 0 Å². The molecular weight excluding hydrogens is 492 g/mol. The summed E-state index contributed by atoms with van der Waals surface area (Å²) in [5, 5.41) is 26.5. The van der Waals surface area contributed by atoms with Crippen LogP contribution < -0.4 is 20.9 Å². The minimum Gasteiger partial charge on any atom is -0.356 e. The van der Waals surface area contributed by atoms with Gasteiger partial charge < -0.3 is 20.9 Å². The van der Waals surface area contributed by atoms with Crippen LogP contribution in [0.1, 0.15) is 50.7 Å². The van der Waals surface area contributed by atoms with E-state index in [1.807, 2.05) is 12.1 Å². The van der Waals surface area contributed by atoms with Gasteiger partial charge in [0, 0.05) is 51.4 Å². The van der Waals surface area contributed by atoms with Crippen molar-refractivity contribution in [1.29, 1.82) is 10.5 Å². The molecule has 0 bridgehead atoms. The molecule has 2 aliphatic rings. The van der Waals surface area contributed by atoms with Gasteiger partial charge in [-0.15, -0.1) is 0 Å². The molecule has 2 saturated heterocycles. The molecule has 2 amide bonds. The number of carbonyl (C=O) groups excluding carboxylic acids is 2. The molecule has 3 N–H and O–H groups in total. The molecule has 0 aliphatic carbocycles. The lowest BCUT2D eigenvalue weighted by molar-refractivity contribution is -0.120. The van der Waals surface area contributed by atoms with Gasteiger partial charge in [0.15, 0.2) is 0 Å². The summed E-state index contributed by atoms with van der Waals surface area (Å²) >= 11 is 5.45. The molecule has 2 fully saturated rings. The van der Waals surface area contributed by atoms with Crippen LogP contribution >= 0.6 is 11.6 Å². The Kier molecular flexibility index (Phi) is 12.8. The molecule has 0 spiro atoms. The van der Waals surface area contributed by atoms with Crippen molar-refractivity contribution in [2.45, 2.75) is 51.6 Å². The van der Waals surface area contributed by atoms with Gasteiger partial charge in [-0.05, 0) is 63.0 Å². The number of nitrogens with zero attached hydrogens (tertiary/aromatic N) is 5. The van der Waals surface area contributed by atoms with Gasteiger partial charge in [0.1, 0.15) is 23.1 Å². The first kappa shape index (κ1) is 29.5. The summed E-state index contributed by atoms with van der Waals surface area (Å²) in [6.07, 6.45) is 7.03. The third kappa shape index (κ3) is 11.7. The topological polar surface area (TPSA) is 147 Å². The van der Waals surface area contributed by atoms with Crippen molar-refractivity contribution < 1.29 is 9.59 Å². The van der Waals surface area contributed by atoms with E-state index in [4.69, 9.17) is 22.1 Å². The number of halogens is 1. The Morgan fingerprint density at radius 3 is 1.84 bits per heavy atom. The number of aromatic nitrogens is 2. The van der Waals surface area contributed by atoms with Crippen LogP contribution in [0.5, 0.6) is 0 Å². The molecule has 11 heteroatoms. The zero-order chi connectivity index (χ0) is 27.0. The number of rotatable bonds is 3. The molecule has 2 aromatic heterocycles. The fourth-order valence-electron chi connectivity index (χ4n) is 3.88. The zero-order valence-corrected chi connectivity index (χ0v) is 22.0. The van der Waals surface area contributed by atoms with Crippen LogP contribution in [0.15, 0.2) is 36.7 Å². The summed E-state index contributed by atoms with van der Waals surface area (Å²) in [4.78, 5) is 31.7. The molecule has 4 heterocycles. The van der Waals surface area contributed by atoms with E-state index in [0.717, 1.165) is 57.7 Å². The number of nitrogens with one attached hydrogen (secondary N) is 3. The molecule has 0 atom stereocenters. The number of anilines is 1. The lowest BCUT2D eigenvalue weighted by Gasteiger charge is -2.32. The molecule has 0 aromatic carbocycles. The molecule has 0 radical (unpaired) electrons. The van der Waals surface area contributed by atoms with Gasteiger partial charge in [-0.2, -0.15) is 10.5 Å². The highest BCUT2D eigenvalue weighted by atomic mass is 35.5. The summed E-state index contributed by atoms with van der Waals surface area (Å²) in [5.41, 5.74) is 1.10. The van der Waals surface area contributed by atoms with Crippen molar-refractivity contribution in [2.75, 3.05) is 31.1 Å². The fourth-order valence-corrected chi connectivity index (χ4v) is 3.99. The molecule has 37 heavy (non-hydrogen) atoms. The minimum atomic E-state index is 0.0324. The average Bonchev–Trinajstić information content (AvgIpc) is 2.90. The van der Waals surface area contributed by atoms with E-state index in [0.29, 0.717) is 22.3 Å². The van der Waals surface area contributed by atoms with E-state index in [1.54, 1.807) is 38.2 Å². The van der Waals surface area contributed by atoms with Crippen LogP contribution in [0.4, 0.5) is 5.82 Å². The maximum atomic E-state index is 11.0. The Bertz CT molecular complexity index is 1070. The van der Waals surface area contributed by atoms with Crippen LogP contribution in [0.2, 0.25) is 5.15 Å². The third-order valence-corrected chi connectivity index (χ3v) is 5.93. The predicted molar refractivity (Wildman–Crippen MR) is 142 cm³/mol. The first-order valence-electron chi connectivity index (χ1n) is 12.2. The van der Waals surface area contributed by atoms with Crippen molar-refractivity contribution in [3.05, 3.63) is 52.9 Å². The molecule has 2 aromatic rings. The van der Waals surface area contributed by atoms with Crippen molar-refractivity contribution >= 4 is 29.2 Å². The highest BCUT2D eigenvalue weighted by molar-refractivity contribution is 6.29. The second-order valence-corrected chi connectivity index (χ2v) is 9.07. The second kappa shape index (κ2) is 16.1. The fraction of sp³-hybridized carbons (Fsp3) is 0.462. The normalized spacial score (nSPS) is 15.4. The maximum Gasteiger partial charge on any atom is 0.217 e. The maximum absolute atomic E-state index is 11.0. The molecule has 196 valence electrons. The van der Waals surface area contributed by atoms with Crippen LogP contribution in [0, 0.1) is 22.7 Å². The lowest BCUT2D eigenvalue weighted by atomic mass is 10.1. The Morgan fingerprint density at radius 2 is 1.41 bits per heavy atom.